The summed E-state index contributed by atoms with van der Waals surface area (Å²) in [6.07, 6.45) is 0. The Bertz CT molecular complexity index is 882. The van der Waals surface area contributed by atoms with Gasteiger partial charge in [0.05, 0.1) is 17.5 Å². The molecule has 0 amide bonds. The summed E-state index contributed by atoms with van der Waals surface area (Å²) in [6, 6.07) is 11.8. The van der Waals surface area contributed by atoms with Gasteiger partial charge in [0.15, 0.2) is 16.0 Å². The van der Waals surface area contributed by atoms with Gasteiger partial charge in [-0.3, -0.25) is 4.79 Å². The minimum absolute atomic E-state index is 0.163. The number of hydrogen-bond acceptors (Lipinski definition) is 8. The first-order chi connectivity index (χ1) is 11.7. The zero-order valence-electron chi connectivity index (χ0n) is 12.7. The van der Waals surface area contributed by atoms with Crippen molar-refractivity contribution in [2.24, 2.45) is 0 Å². The summed E-state index contributed by atoms with van der Waals surface area (Å²) >= 11 is 4.09. The van der Waals surface area contributed by atoms with Crippen LogP contribution in [0.4, 0.5) is 0 Å². The minimum Gasteiger partial charge on any atom is -0.297 e. The lowest BCUT2D eigenvalue weighted by Crippen LogP contribution is -2.13. The summed E-state index contributed by atoms with van der Waals surface area (Å²) in [6.45, 7) is 1.86. The van der Waals surface area contributed by atoms with Crippen molar-refractivity contribution in [3.63, 3.8) is 0 Å². The molecule has 0 N–H and O–H groups in total. The van der Waals surface area contributed by atoms with Gasteiger partial charge in [0.1, 0.15) is 10.0 Å². The number of aromatic nitrogens is 3. The maximum absolute atomic E-state index is 12.4. The number of aryl methyl sites for hydroxylation is 1. The van der Waals surface area contributed by atoms with E-state index < -0.39 is 5.92 Å². The molecule has 1 atom stereocenters. The van der Waals surface area contributed by atoms with Crippen LogP contribution in [0.5, 0.6) is 0 Å². The predicted molar refractivity (Wildman–Crippen MR) is 96.3 cm³/mol. The van der Waals surface area contributed by atoms with Gasteiger partial charge < -0.3 is 0 Å². The first kappa shape index (κ1) is 16.8. The first-order valence-electron chi connectivity index (χ1n) is 7.03. The number of ketones is 1. The van der Waals surface area contributed by atoms with Crippen LogP contribution in [0.15, 0.2) is 40.1 Å². The molecule has 2 heterocycles. The molecule has 8 heteroatoms. The topological polar surface area (TPSA) is 79.5 Å². The fraction of sp³-hybridized carbons (Fsp3) is 0.188. The highest BCUT2D eigenvalue weighted by molar-refractivity contribution is 8.01. The van der Waals surface area contributed by atoms with E-state index in [1.807, 2.05) is 42.6 Å². The Labute approximate surface area is 151 Å². The zero-order valence-corrected chi connectivity index (χ0v) is 15.1. The number of nitriles is 1. The molecule has 3 rings (SSSR count). The zero-order chi connectivity index (χ0) is 16.9. The van der Waals surface area contributed by atoms with Gasteiger partial charge in [0.2, 0.25) is 0 Å². The standard InChI is InChI=1S/C16H12N4OS3/c1-10-19-20-16(24-10)23-9-14(21)12(7-17)15-18-13(8-22-15)11-5-3-2-4-6-11/h2-6,8,12H,9H2,1H3. The summed E-state index contributed by atoms with van der Waals surface area (Å²) in [5.41, 5.74) is 1.76. The number of thiazole rings is 1. The minimum atomic E-state index is -0.839. The lowest BCUT2D eigenvalue weighted by atomic mass is 10.1. The normalized spacial score (nSPS) is 11.8. The van der Waals surface area contributed by atoms with E-state index in [-0.39, 0.29) is 11.5 Å². The molecular weight excluding hydrogens is 360 g/mol. The molecule has 1 unspecified atom stereocenters. The monoisotopic (exact) mass is 372 g/mol. The Hall–Kier alpha value is -2.08. The fourth-order valence-corrected chi connectivity index (χ4v) is 4.59. The third-order valence-electron chi connectivity index (χ3n) is 3.13. The molecule has 0 spiro atoms. The predicted octanol–water partition coefficient (Wildman–Crippen LogP) is 3.94. The fourth-order valence-electron chi connectivity index (χ4n) is 1.98. The van der Waals surface area contributed by atoms with Gasteiger partial charge in [-0.15, -0.1) is 21.5 Å². The van der Waals surface area contributed by atoms with Crippen molar-refractivity contribution in [3.8, 4) is 17.3 Å². The van der Waals surface area contributed by atoms with Crippen molar-refractivity contribution in [3.05, 3.63) is 45.7 Å². The van der Waals surface area contributed by atoms with Gasteiger partial charge in [0, 0.05) is 10.9 Å². The number of thioether (sulfide) groups is 1. The van der Waals surface area contributed by atoms with Crippen molar-refractivity contribution in [2.45, 2.75) is 17.2 Å². The van der Waals surface area contributed by atoms with E-state index >= 15 is 0 Å². The molecule has 120 valence electrons. The summed E-state index contributed by atoms with van der Waals surface area (Å²) < 4.78 is 0.738. The van der Waals surface area contributed by atoms with Crippen molar-refractivity contribution in [1.82, 2.24) is 15.2 Å². The highest BCUT2D eigenvalue weighted by atomic mass is 32.2. The van der Waals surface area contributed by atoms with Crippen molar-refractivity contribution in [1.29, 1.82) is 5.26 Å². The van der Waals surface area contributed by atoms with Crippen LogP contribution >= 0.6 is 34.4 Å². The van der Waals surface area contributed by atoms with Gasteiger partial charge in [-0.05, 0) is 6.92 Å². The smallest absolute Gasteiger partial charge is 0.174 e. The number of Topliss-reactive ketones (excluding diaryl/α,β-unsaturated/α-hetero) is 1. The first-order valence-corrected chi connectivity index (χ1v) is 9.71. The second-order valence-corrected chi connectivity index (χ2v) is 8.13. The van der Waals surface area contributed by atoms with Gasteiger partial charge in [-0.1, -0.05) is 53.4 Å². The molecule has 0 aliphatic heterocycles. The SMILES string of the molecule is Cc1nnc(SCC(=O)C(C#N)c2nc(-c3ccccc3)cs2)s1. The molecule has 0 bridgehead atoms. The largest absolute Gasteiger partial charge is 0.297 e. The maximum atomic E-state index is 12.4. The molecule has 0 aliphatic carbocycles. The molecule has 2 aromatic heterocycles. The number of benzene rings is 1. The molecule has 0 saturated carbocycles. The van der Waals surface area contributed by atoms with E-state index in [2.05, 4.69) is 21.3 Å². The Balaban J connectivity index is 1.71. The van der Waals surface area contributed by atoms with E-state index in [0.717, 1.165) is 20.6 Å². The summed E-state index contributed by atoms with van der Waals surface area (Å²) in [7, 11) is 0. The Morgan fingerprint density at radius 3 is 2.79 bits per heavy atom. The van der Waals surface area contributed by atoms with Crippen LogP contribution in [0.1, 0.15) is 15.9 Å². The Kier molecular flexibility index (Phi) is 5.35. The molecule has 0 saturated heterocycles. The van der Waals surface area contributed by atoms with Crippen molar-refractivity contribution < 1.29 is 4.79 Å². The number of nitrogens with zero attached hydrogens (tertiary/aromatic N) is 4. The van der Waals surface area contributed by atoms with E-state index in [1.54, 1.807) is 0 Å². The molecule has 0 aliphatic rings. The highest BCUT2D eigenvalue weighted by Crippen LogP contribution is 2.29. The van der Waals surface area contributed by atoms with E-state index in [0.29, 0.717) is 5.01 Å². The van der Waals surface area contributed by atoms with Crippen LogP contribution < -0.4 is 0 Å². The quantitative estimate of drug-likeness (QED) is 0.610. The van der Waals surface area contributed by atoms with Crippen LogP contribution in [0.2, 0.25) is 0 Å². The van der Waals surface area contributed by atoms with Crippen LogP contribution in [-0.4, -0.2) is 26.7 Å². The third kappa shape index (κ3) is 3.87. The molecule has 5 nitrogen and oxygen atoms in total. The Morgan fingerprint density at radius 2 is 2.12 bits per heavy atom. The lowest BCUT2D eigenvalue weighted by Gasteiger charge is -2.03. The number of rotatable bonds is 6. The number of carbonyl (C=O) groups is 1. The van der Waals surface area contributed by atoms with Crippen LogP contribution in [-0.2, 0) is 4.79 Å². The van der Waals surface area contributed by atoms with Crippen molar-refractivity contribution >= 4 is 40.2 Å². The van der Waals surface area contributed by atoms with Gasteiger partial charge >= 0.3 is 0 Å². The van der Waals surface area contributed by atoms with Crippen LogP contribution in [0.3, 0.4) is 0 Å². The van der Waals surface area contributed by atoms with Crippen LogP contribution in [0.25, 0.3) is 11.3 Å². The molecule has 0 radical (unpaired) electrons. The summed E-state index contributed by atoms with van der Waals surface area (Å²) in [5, 5.41) is 20.6. The van der Waals surface area contributed by atoms with E-state index in [9.17, 15) is 10.1 Å². The molecule has 3 aromatic rings. The molecule has 0 fully saturated rings. The van der Waals surface area contributed by atoms with Crippen LogP contribution in [0, 0.1) is 18.3 Å². The molecular formula is C16H12N4OS3. The van der Waals surface area contributed by atoms with Gasteiger partial charge in [0.25, 0.3) is 0 Å². The summed E-state index contributed by atoms with van der Waals surface area (Å²) in [5.74, 6) is -0.814. The van der Waals surface area contributed by atoms with Gasteiger partial charge in [-0.25, -0.2) is 4.98 Å². The lowest BCUT2D eigenvalue weighted by molar-refractivity contribution is -0.116. The average Bonchev–Trinajstić information content (AvgIpc) is 3.24. The number of hydrogen-bond donors (Lipinski definition) is 0. The third-order valence-corrected chi connectivity index (χ3v) is 6.04. The Morgan fingerprint density at radius 1 is 1.33 bits per heavy atom. The maximum Gasteiger partial charge on any atom is 0.174 e. The summed E-state index contributed by atoms with van der Waals surface area (Å²) in [4.78, 5) is 16.9. The highest BCUT2D eigenvalue weighted by Gasteiger charge is 2.24. The van der Waals surface area contributed by atoms with Gasteiger partial charge in [-0.2, -0.15) is 5.26 Å². The second-order valence-electron chi connectivity index (χ2n) is 4.84. The van der Waals surface area contributed by atoms with E-state index in [4.69, 9.17) is 0 Å². The molecule has 1 aromatic carbocycles. The van der Waals surface area contributed by atoms with E-state index in [1.165, 1.54) is 34.4 Å². The molecule has 24 heavy (non-hydrogen) atoms. The number of carbonyl (C=O) groups excluding carboxylic acids is 1. The second kappa shape index (κ2) is 7.66. The average molecular weight is 373 g/mol. The van der Waals surface area contributed by atoms with Crippen molar-refractivity contribution in [2.75, 3.05) is 5.75 Å².